The lowest BCUT2D eigenvalue weighted by atomic mass is 10.0. The zero-order chi connectivity index (χ0) is 13.5. The van der Waals surface area contributed by atoms with Crippen LogP contribution in [0, 0.1) is 0 Å². The van der Waals surface area contributed by atoms with Crippen LogP contribution in [-0.4, -0.2) is 74.0 Å². The molecule has 3 rings (SSSR count). The molecule has 2 N–H and O–H groups in total. The van der Waals surface area contributed by atoms with Crippen LogP contribution in [0.2, 0.25) is 0 Å². The molecule has 0 aromatic rings. The van der Waals surface area contributed by atoms with Gasteiger partial charge in [-0.2, -0.15) is 0 Å². The SMILES string of the molecule is NC1CCN(C2CCN(C3CCS(=O)(=O)C3)C2)CC1. The fourth-order valence-electron chi connectivity index (χ4n) is 3.75. The average molecular weight is 287 g/mol. The maximum Gasteiger partial charge on any atom is 0.151 e. The molecule has 3 fully saturated rings. The minimum atomic E-state index is -2.75. The van der Waals surface area contributed by atoms with E-state index in [1.165, 1.54) is 6.42 Å². The van der Waals surface area contributed by atoms with E-state index in [2.05, 4.69) is 9.80 Å². The van der Waals surface area contributed by atoms with Gasteiger partial charge < -0.3 is 5.73 Å². The summed E-state index contributed by atoms with van der Waals surface area (Å²) in [6.45, 7) is 4.34. The standard InChI is InChI=1S/C13H25N3O2S/c14-11-1-5-15(6-2-11)12-3-7-16(9-12)13-4-8-19(17,18)10-13/h11-13H,1-10,14H2. The predicted octanol–water partition coefficient (Wildman–Crippen LogP) is -0.329. The Kier molecular flexibility index (Phi) is 3.86. The first-order valence-corrected chi connectivity index (χ1v) is 9.30. The smallest absolute Gasteiger partial charge is 0.151 e. The van der Waals surface area contributed by atoms with Gasteiger partial charge >= 0.3 is 0 Å². The summed E-state index contributed by atoms with van der Waals surface area (Å²) in [6, 6.07) is 1.28. The van der Waals surface area contributed by atoms with E-state index in [1.54, 1.807) is 0 Å². The Bertz CT molecular complexity index is 418. The summed E-state index contributed by atoms with van der Waals surface area (Å²) in [5.41, 5.74) is 5.95. The summed E-state index contributed by atoms with van der Waals surface area (Å²) in [6.07, 6.45) is 4.23. The summed E-state index contributed by atoms with van der Waals surface area (Å²) in [5.74, 6) is 0.766. The molecule has 3 saturated heterocycles. The third kappa shape index (κ3) is 3.12. The van der Waals surface area contributed by atoms with Crippen molar-refractivity contribution in [1.29, 1.82) is 0 Å². The van der Waals surface area contributed by atoms with Crippen LogP contribution in [0.5, 0.6) is 0 Å². The second-order valence-electron chi connectivity index (χ2n) is 6.37. The lowest BCUT2D eigenvalue weighted by Crippen LogP contribution is -2.46. The molecule has 0 amide bonds. The second kappa shape index (κ2) is 5.31. The van der Waals surface area contributed by atoms with Gasteiger partial charge in [0.1, 0.15) is 0 Å². The van der Waals surface area contributed by atoms with Gasteiger partial charge in [0.05, 0.1) is 11.5 Å². The van der Waals surface area contributed by atoms with Crippen LogP contribution in [0.25, 0.3) is 0 Å². The van der Waals surface area contributed by atoms with Crippen molar-refractivity contribution in [2.45, 2.75) is 43.8 Å². The van der Waals surface area contributed by atoms with Crippen molar-refractivity contribution in [2.24, 2.45) is 5.73 Å². The van der Waals surface area contributed by atoms with Gasteiger partial charge in [-0.1, -0.05) is 0 Å². The number of likely N-dealkylation sites (tertiary alicyclic amines) is 2. The number of nitrogens with two attached hydrogens (primary N) is 1. The molecule has 5 nitrogen and oxygen atoms in total. The molecule has 19 heavy (non-hydrogen) atoms. The quantitative estimate of drug-likeness (QED) is 0.753. The number of hydrogen-bond acceptors (Lipinski definition) is 5. The molecule has 0 aliphatic carbocycles. The Morgan fingerprint density at radius 1 is 0.895 bits per heavy atom. The molecule has 2 atom stereocenters. The normalized spacial score (nSPS) is 37.9. The number of hydrogen-bond donors (Lipinski definition) is 1. The molecule has 3 aliphatic rings. The molecule has 110 valence electrons. The Balaban J connectivity index is 1.53. The number of nitrogens with zero attached hydrogens (tertiary/aromatic N) is 2. The molecule has 6 heteroatoms. The highest BCUT2D eigenvalue weighted by atomic mass is 32.2. The Labute approximate surface area is 116 Å². The monoisotopic (exact) mass is 287 g/mol. The lowest BCUT2D eigenvalue weighted by molar-refractivity contribution is 0.146. The van der Waals surface area contributed by atoms with Crippen molar-refractivity contribution in [3.05, 3.63) is 0 Å². The van der Waals surface area contributed by atoms with E-state index in [1.807, 2.05) is 0 Å². The first kappa shape index (κ1) is 13.8. The molecular formula is C13H25N3O2S. The average Bonchev–Trinajstić information content (AvgIpc) is 2.96. The van der Waals surface area contributed by atoms with E-state index >= 15 is 0 Å². The Hall–Kier alpha value is -0.170. The van der Waals surface area contributed by atoms with Crippen molar-refractivity contribution in [3.8, 4) is 0 Å². The maximum absolute atomic E-state index is 11.6. The van der Waals surface area contributed by atoms with Gasteiger partial charge in [-0.3, -0.25) is 9.80 Å². The summed E-state index contributed by atoms with van der Waals surface area (Å²) >= 11 is 0. The highest BCUT2D eigenvalue weighted by Crippen LogP contribution is 2.25. The molecule has 0 spiro atoms. The van der Waals surface area contributed by atoms with Gasteiger partial charge in [-0.05, 0) is 38.8 Å². The minimum Gasteiger partial charge on any atom is -0.328 e. The van der Waals surface area contributed by atoms with E-state index in [-0.39, 0.29) is 6.04 Å². The number of rotatable bonds is 2. The van der Waals surface area contributed by atoms with Gasteiger partial charge in [-0.15, -0.1) is 0 Å². The second-order valence-corrected chi connectivity index (χ2v) is 8.60. The summed E-state index contributed by atoms with van der Waals surface area (Å²) in [4.78, 5) is 4.97. The highest BCUT2D eigenvalue weighted by molar-refractivity contribution is 7.91. The molecule has 3 aliphatic heterocycles. The van der Waals surface area contributed by atoms with Gasteiger partial charge in [0, 0.05) is 31.2 Å². The summed E-state index contributed by atoms with van der Waals surface area (Å²) in [7, 11) is -2.75. The molecular weight excluding hydrogens is 262 g/mol. The first-order chi connectivity index (χ1) is 9.03. The Morgan fingerprint density at radius 2 is 1.58 bits per heavy atom. The molecule has 2 unspecified atom stereocenters. The minimum absolute atomic E-state index is 0.280. The maximum atomic E-state index is 11.6. The van der Waals surface area contributed by atoms with Crippen molar-refractivity contribution in [1.82, 2.24) is 9.80 Å². The first-order valence-electron chi connectivity index (χ1n) is 7.47. The fourth-order valence-corrected chi connectivity index (χ4v) is 5.51. The Morgan fingerprint density at radius 3 is 2.21 bits per heavy atom. The van der Waals surface area contributed by atoms with Crippen LogP contribution in [-0.2, 0) is 9.84 Å². The van der Waals surface area contributed by atoms with E-state index in [4.69, 9.17) is 5.73 Å². The van der Waals surface area contributed by atoms with Gasteiger partial charge in [0.2, 0.25) is 0 Å². The molecule has 3 heterocycles. The van der Waals surface area contributed by atoms with Gasteiger partial charge in [0.15, 0.2) is 9.84 Å². The van der Waals surface area contributed by atoms with Crippen molar-refractivity contribution >= 4 is 9.84 Å². The topological polar surface area (TPSA) is 66.6 Å². The zero-order valence-corrected chi connectivity index (χ0v) is 12.3. The molecule has 0 aromatic heterocycles. The van der Waals surface area contributed by atoms with Crippen LogP contribution >= 0.6 is 0 Å². The molecule has 0 radical (unpaired) electrons. The van der Waals surface area contributed by atoms with Crippen LogP contribution in [0.4, 0.5) is 0 Å². The van der Waals surface area contributed by atoms with Gasteiger partial charge in [0.25, 0.3) is 0 Å². The van der Waals surface area contributed by atoms with Crippen molar-refractivity contribution < 1.29 is 8.42 Å². The van der Waals surface area contributed by atoms with Crippen LogP contribution in [0.1, 0.15) is 25.7 Å². The third-order valence-electron chi connectivity index (χ3n) is 5.01. The zero-order valence-electron chi connectivity index (χ0n) is 11.5. The largest absolute Gasteiger partial charge is 0.328 e. The summed E-state index contributed by atoms with van der Waals surface area (Å²) in [5, 5.41) is 0. The molecule has 0 bridgehead atoms. The number of piperidine rings is 1. The van der Waals surface area contributed by atoms with Crippen molar-refractivity contribution in [2.75, 3.05) is 37.7 Å². The van der Waals surface area contributed by atoms with Crippen LogP contribution < -0.4 is 5.73 Å². The predicted molar refractivity (Wildman–Crippen MR) is 75.8 cm³/mol. The molecule has 0 aromatic carbocycles. The fraction of sp³-hybridized carbons (Fsp3) is 1.00. The van der Waals surface area contributed by atoms with Crippen molar-refractivity contribution in [3.63, 3.8) is 0 Å². The van der Waals surface area contributed by atoms with E-state index in [0.29, 0.717) is 23.6 Å². The lowest BCUT2D eigenvalue weighted by Gasteiger charge is -2.35. The number of sulfone groups is 1. The third-order valence-corrected chi connectivity index (χ3v) is 6.76. The summed E-state index contributed by atoms with van der Waals surface area (Å²) < 4.78 is 23.1. The van der Waals surface area contributed by atoms with Gasteiger partial charge in [-0.25, -0.2) is 8.42 Å². The van der Waals surface area contributed by atoms with E-state index in [9.17, 15) is 8.42 Å². The van der Waals surface area contributed by atoms with E-state index < -0.39 is 9.84 Å². The molecule has 0 saturated carbocycles. The van der Waals surface area contributed by atoms with E-state index in [0.717, 1.165) is 45.4 Å². The van der Waals surface area contributed by atoms with Crippen LogP contribution in [0.3, 0.4) is 0 Å². The van der Waals surface area contributed by atoms with Crippen LogP contribution in [0.15, 0.2) is 0 Å². The highest BCUT2D eigenvalue weighted by Gasteiger charge is 2.37.